The molecule has 3 nitrogen and oxygen atoms in total. The van der Waals surface area contributed by atoms with Crippen molar-refractivity contribution in [3.05, 3.63) is 48.6 Å². The third-order valence-corrected chi connectivity index (χ3v) is 3.68. The highest BCUT2D eigenvalue weighted by Gasteiger charge is 2.10. The monoisotopic (exact) mass is 348 g/mol. The van der Waals surface area contributed by atoms with Gasteiger partial charge in [-0.1, -0.05) is 62.5 Å². The molecule has 1 N–H and O–H groups in total. The van der Waals surface area contributed by atoms with Crippen LogP contribution in [0, 0.1) is 0 Å². The summed E-state index contributed by atoms with van der Waals surface area (Å²) in [5.74, 6) is -0.203. The number of carbonyl (C=O) groups excluding carboxylic acids is 1. The Morgan fingerprint density at radius 1 is 0.880 bits per heavy atom. The van der Waals surface area contributed by atoms with Crippen molar-refractivity contribution in [3.63, 3.8) is 0 Å². The van der Waals surface area contributed by atoms with Crippen molar-refractivity contribution in [3.8, 4) is 0 Å². The first-order valence-electron chi connectivity index (χ1n) is 9.64. The quantitative estimate of drug-likeness (QED) is 0.236. The van der Waals surface area contributed by atoms with Crippen LogP contribution in [-0.4, -0.2) is 23.8 Å². The van der Waals surface area contributed by atoms with Gasteiger partial charge < -0.3 is 9.84 Å². The van der Waals surface area contributed by atoms with Gasteiger partial charge in [-0.05, 0) is 51.4 Å². The molecule has 25 heavy (non-hydrogen) atoms. The highest BCUT2D eigenvalue weighted by molar-refractivity contribution is 5.69. The largest absolute Gasteiger partial charge is 0.460 e. The van der Waals surface area contributed by atoms with E-state index in [1.54, 1.807) is 0 Å². The zero-order valence-corrected chi connectivity index (χ0v) is 16.0. The second-order valence-corrected chi connectivity index (χ2v) is 5.95. The molecule has 0 spiro atoms. The van der Waals surface area contributed by atoms with Gasteiger partial charge in [-0.25, -0.2) is 0 Å². The lowest BCUT2D eigenvalue weighted by molar-refractivity contribution is -0.151. The Morgan fingerprint density at radius 3 is 1.96 bits per heavy atom. The Hall–Kier alpha value is -1.61. The summed E-state index contributed by atoms with van der Waals surface area (Å²) < 4.78 is 5.14. The van der Waals surface area contributed by atoms with Crippen molar-refractivity contribution in [1.29, 1.82) is 0 Å². The van der Waals surface area contributed by atoms with Crippen LogP contribution in [0.15, 0.2) is 48.6 Å². The SMILES string of the molecule is CC/C=C\C/C=C\C/C=C\C/C=C\CCCCC(=O)OC(CC)CO. The molecule has 0 amide bonds. The van der Waals surface area contributed by atoms with Gasteiger partial charge >= 0.3 is 5.97 Å². The Morgan fingerprint density at radius 2 is 1.44 bits per heavy atom. The molecule has 0 bridgehead atoms. The van der Waals surface area contributed by atoms with Gasteiger partial charge in [-0.2, -0.15) is 0 Å². The van der Waals surface area contributed by atoms with Gasteiger partial charge in [0.2, 0.25) is 0 Å². The Labute approximate surface area is 154 Å². The molecule has 0 aromatic rings. The molecule has 0 fully saturated rings. The third kappa shape index (κ3) is 17.0. The third-order valence-electron chi connectivity index (χ3n) is 3.68. The highest BCUT2D eigenvalue weighted by atomic mass is 16.5. The minimum Gasteiger partial charge on any atom is -0.460 e. The van der Waals surface area contributed by atoms with Gasteiger partial charge in [-0.3, -0.25) is 4.79 Å². The normalized spacial score (nSPS) is 13.6. The molecule has 0 saturated heterocycles. The minimum absolute atomic E-state index is 0.0931. The number of aliphatic hydroxyl groups is 1. The summed E-state index contributed by atoms with van der Waals surface area (Å²) in [7, 11) is 0. The van der Waals surface area contributed by atoms with Gasteiger partial charge in [0, 0.05) is 6.42 Å². The van der Waals surface area contributed by atoms with E-state index in [1.807, 2.05) is 6.92 Å². The fourth-order valence-corrected chi connectivity index (χ4v) is 2.12. The zero-order chi connectivity index (χ0) is 18.6. The van der Waals surface area contributed by atoms with Crippen LogP contribution < -0.4 is 0 Å². The van der Waals surface area contributed by atoms with Crippen LogP contribution in [0.25, 0.3) is 0 Å². The number of hydrogen-bond donors (Lipinski definition) is 1. The van der Waals surface area contributed by atoms with E-state index < -0.39 is 0 Å². The summed E-state index contributed by atoms with van der Waals surface area (Å²) in [6.07, 6.45) is 25.1. The van der Waals surface area contributed by atoms with Crippen molar-refractivity contribution >= 4 is 5.97 Å². The molecule has 0 heterocycles. The highest BCUT2D eigenvalue weighted by Crippen LogP contribution is 2.06. The van der Waals surface area contributed by atoms with Crippen LogP contribution in [-0.2, 0) is 9.53 Å². The van der Waals surface area contributed by atoms with Gasteiger partial charge in [0.1, 0.15) is 6.10 Å². The Bertz CT molecular complexity index is 415. The summed E-state index contributed by atoms with van der Waals surface area (Å²) in [5.41, 5.74) is 0. The first kappa shape index (κ1) is 23.4. The Kier molecular flexibility index (Phi) is 17.5. The lowest BCUT2D eigenvalue weighted by atomic mass is 10.1. The van der Waals surface area contributed by atoms with Gasteiger partial charge in [0.25, 0.3) is 0 Å². The van der Waals surface area contributed by atoms with Crippen molar-refractivity contribution in [1.82, 2.24) is 0 Å². The van der Waals surface area contributed by atoms with E-state index in [9.17, 15) is 4.79 Å². The molecule has 1 atom stereocenters. The molecular formula is C22H36O3. The first-order valence-corrected chi connectivity index (χ1v) is 9.64. The van der Waals surface area contributed by atoms with Crippen LogP contribution in [0.5, 0.6) is 0 Å². The number of aliphatic hydroxyl groups excluding tert-OH is 1. The summed E-state index contributed by atoms with van der Waals surface area (Å²) in [4.78, 5) is 11.5. The van der Waals surface area contributed by atoms with E-state index in [4.69, 9.17) is 9.84 Å². The molecule has 0 aromatic carbocycles. The number of ether oxygens (including phenoxy) is 1. The summed E-state index contributed by atoms with van der Waals surface area (Å²) in [5, 5.41) is 8.98. The van der Waals surface area contributed by atoms with Crippen molar-refractivity contribution in [2.45, 2.75) is 77.7 Å². The molecule has 0 rings (SSSR count). The smallest absolute Gasteiger partial charge is 0.306 e. The first-order chi connectivity index (χ1) is 12.2. The lowest BCUT2D eigenvalue weighted by Crippen LogP contribution is -2.20. The van der Waals surface area contributed by atoms with E-state index in [1.165, 1.54) is 0 Å². The number of allylic oxidation sites excluding steroid dienone is 8. The van der Waals surface area contributed by atoms with E-state index in [0.717, 1.165) is 44.9 Å². The van der Waals surface area contributed by atoms with Crippen molar-refractivity contribution in [2.75, 3.05) is 6.61 Å². The van der Waals surface area contributed by atoms with E-state index in [-0.39, 0.29) is 18.7 Å². The maximum atomic E-state index is 11.5. The second-order valence-electron chi connectivity index (χ2n) is 5.95. The molecule has 0 radical (unpaired) electrons. The summed E-state index contributed by atoms with van der Waals surface area (Å²) in [6, 6.07) is 0. The molecule has 1 unspecified atom stereocenters. The number of unbranched alkanes of at least 4 members (excludes halogenated alkanes) is 2. The van der Waals surface area contributed by atoms with Crippen molar-refractivity contribution < 1.29 is 14.6 Å². The maximum absolute atomic E-state index is 11.5. The molecule has 0 aromatic heterocycles. The average molecular weight is 349 g/mol. The zero-order valence-electron chi connectivity index (χ0n) is 16.0. The standard InChI is InChI=1S/C22H36O3/c1-3-5-6-7-8-9-10-11-12-13-14-15-16-17-18-19-22(24)25-21(4-2)20-23/h5-6,8-9,11-12,14-15,21,23H,3-4,7,10,13,16-20H2,1-2H3/b6-5-,9-8-,12-11-,15-14-. The van der Waals surface area contributed by atoms with Crippen LogP contribution in [0.3, 0.4) is 0 Å². The topological polar surface area (TPSA) is 46.5 Å². The molecule has 0 aliphatic rings. The van der Waals surface area contributed by atoms with E-state index in [2.05, 4.69) is 55.5 Å². The lowest BCUT2D eigenvalue weighted by Gasteiger charge is -2.12. The van der Waals surface area contributed by atoms with Gasteiger partial charge in [-0.15, -0.1) is 0 Å². The Balaban J connectivity index is 3.53. The predicted octanol–water partition coefficient (Wildman–Crippen LogP) is 5.67. The maximum Gasteiger partial charge on any atom is 0.306 e. The number of rotatable bonds is 15. The number of esters is 1. The van der Waals surface area contributed by atoms with Crippen LogP contribution in [0.4, 0.5) is 0 Å². The van der Waals surface area contributed by atoms with Crippen LogP contribution in [0.2, 0.25) is 0 Å². The molecule has 142 valence electrons. The fraction of sp³-hybridized carbons (Fsp3) is 0.591. The molecular weight excluding hydrogens is 312 g/mol. The molecule has 0 saturated carbocycles. The average Bonchev–Trinajstić information content (AvgIpc) is 2.62. The minimum atomic E-state index is -0.346. The number of hydrogen-bond acceptors (Lipinski definition) is 3. The van der Waals surface area contributed by atoms with Gasteiger partial charge in [0.05, 0.1) is 6.61 Å². The van der Waals surface area contributed by atoms with E-state index in [0.29, 0.717) is 12.8 Å². The molecule has 0 aliphatic heterocycles. The van der Waals surface area contributed by atoms with Gasteiger partial charge in [0.15, 0.2) is 0 Å². The molecule has 0 aliphatic carbocycles. The number of carbonyl (C=O) groups is 1. The molecule has 3 heteroatoms. The predicted molar refractivity (Wildman–Crippen MR) is 106 cm³/mol. The van der Waals surface area contributed by atoms with Crippen LogP contribution >= 0.6 is 0 Å². The van der Waals surface area contributed by atoms with E-state index >= 15 is 0 Å². The summed E-state index contributed by atoms with van der Waals surface area (Å²) in [6.45, 7) is 3.95. The van der Waals surface area contributed by atoms with Crippen molar-refractivity contribution in [2.24, 2.45) is 0 Å². The van der Waals surface area contributed by atoms with Crippen LogP contribution in [0.1, 0.15) is 71.6 Å². The summed E-state index contributed by atoms with van der Waals surface area (Å²) >= 11 is 0. The fourth-order valence-electron chi connectivity index (χ4n) is 2.12. The second kappa shape index (κ2) is 18.7.